The Morgan fingerprint density at radius 2 is 1.83 bits per heavy atom. The van der Waals surface area contributed by atoms with Crippen LogP contribution < -0.4 is 0 Å². The predicted molar refractivity (Wildman–Crippen MR) is 103 cm³/mol. The predicted octanol–water partition coefficient (Wildman–Crippen LogP) is 3.23. The number of likely N-dealkylation sites (tertiary alicyclic amines) is 1. The van der Waals surface area contributed by atoms with Crippen LogP contribution in [-0.4, -0.2) is 61.5 Å². The molecule has 0 N–H and O–H groups in total. The molecule has 1 saturated heterocycles. The van der Waals surface area contributed by atoms with E-state index in [-0.39, 0.29) is 36.8 Å². The number of nitrogens with zero attached hydrogens (tertiary/aromatic N) is 2. The lowest BCUT2D eigenvalue weighted by Crippen LogP contribution is -2.53. The zero-order chi connectivity index (χ0) is 22.0. The first-order chi connectivity index (χ1) is 13.4. The minimum Gasteiger partial charge on any atom is -0.382 e. The van der Waals surface area contributed by atoms with Crippen molar-refractivity contribution >= 4 is 11.8 Å². The number of amides is 2. The number of hydrogen-bond acceptors (Lipinski definition) is 3. The van der Waals surface area contributed by atoms with Crippen LogP contribution in [-0.2, 0) is 26.9 Å². The molecule has 162 valence electrons. The third kappa shape index (κ3) is 5.10. The summed E-state index contributed by atoms with van der Waals surface area (Å²) in [5, 5.41) is 0. The fourth-order valence-corrected chi connectivity index (χ4v) is 4.03. The summed E-state index contributed by atoms with van der Waals surface area (Å²) in [5.74, 6) is -0.815. The molecule has 1 aliphatic rings. The fraction of sp³-hybridized carbons (Fsp3) is 0.619. The van der Waals surface area contributed by atoms with Gasteiger partial charge >= 0.3 is 6.18 Å². The number of carbonyl (C=O) groups is 2. The van der Waals surface area contributed by atoms with Gasteiger partial charge in [-0.1, -0.05) is 26.0 Å². The van der Waals surface area contributed by atoms with Crippen LogP contribution >= 0.6 is 0 Å². The van der Waals surface area contributed by atoms with E-state index in [0.717, 1.165) is 12.1 Å². The molecular formula is C21H29F3N2O3. The summed E-state index contributed by atoms with van der Waals surface area (Å²) in [5.41, 5.74) is -0.842. The lowest BCUT2D eigenvalue weighted by atomic mass is 9.85. The molecule has 2 atom stereocenters. The Hall–Kier alpha value is -2.09. The SMILES string of the molecule is COC[C@@]1(Cc2ccc(C(F)(F)F)cc2)C[C@H](C(=O)N(C)C)CN1C(=O)C(C)C. The molecule has 0 bridgehead atoms. The van der Waals surface area contributed by atoms with Crippen LogP contribution in [0.1, 0.15) is 31.4 Å². The Kier molecular flexibility index (Phi) is 6.98. The van der Waals surface area contributed by atoms with Gasteiger partial charge in [0.05, 0.1) is 23.6 Å². The molecule has 8 heteroatoms. The normalized spacial score (nSPS) is 22.2. The number of rotatable bonds is 6. The van der Waals surface area contributed by atoms with Crippen molar-refractivity contribution in [3.8, 4) is 0 Å². The third-order valence-electron chi connectivity index (χ3n) is 5.38. The van der Waals surface area contributed by atoms with Gasteiger partial charge in [0, 0.05) is 33.7 Å². The Labute approximate surface area is 169 Å². The third-order valence-corrected chi connectivity index (χ3v) is 5.38. The van der Waals surface area contributed by atoms with E-state index in [1.807, 2.05) is 0 Å². The zero-order valence-corrected chi connectivity index (χ0v) is 17.5. The summed E-state index contributed by atoms with van der Waals surface area (Å²) in [7, 11) is 4.86. The number of alkyl halides is 3. The Morgan fingerprint density at radius 1 is 1.24 bits per heavy atom. The summed E-state index contributed by atoms with van der Waals surface area (Å²) in [6, 6.07) is 4.95. The van der Waals surface area contributed by atoms with Gasteiger partial charge in [0.25, 0.3) is 0 Å². The van der Waals surface area contributed by atoms with Gasteiger partial charge in [0.2, 0.25) is 11.8 Å². The van der Waals surface area contributed by atoms with E-state index in [4.69, 9.17) is 4.74 Å². The molecule has 1 aromatic carbocycles. The first-order valence-electron chi connectivity index (χ1n) is 9.59. The summed E-state index contributed by atoms with van der Waals surface area (Å²) in [6.07, 6.45) is -3.69. The van der Waals surface area contributed by atoms with Gasteiger partial charge in [-0.3, -0.25) is 9.59 Å². The van der Waals surface area contributed by atoms with Crippen molar-refractivity contribution in [1.29, 1.82) is 0 Å². The minimum atomic E-state index is -4.40. The molecule has 0 saturated carbocycles. The molecule has 1 aromatic rings. The average Bonchev–Trinajstić information content (AvgIpc) is 2.99. The Morgan fingerprint density at radius 3 is 2.28 bits per heavy atom. The molecule has 0 unspecified atom stereocenters. The van der Waals surface area contributed by atoms with Crippen LogP contribution in [0.25, 0.3) is 0 Å². The quantitative estimate of drug-likeness (QED) is 0.718. The van der Waals surface area contributed by atoms with Crippen LogP contribution in [0.4, 0.5) is 13.2 Å². The molecule has 2 amide bonds. The number of hydrogen-bond donors (Lipinski definition) is 0. The molecule has 0 spiro atoms. The molecule has 0 aromatic heterocycles. The summed E-state index contributed by atoms with van der Waals surface area (Å²) in [6.45, 7) is 4.06. The molecule has 0 radical (unpaired) electrons. The second-order valence-electron chi connectivity index (χ2n) is 8.27. The van der Waals surface area contributed by atoms with E-state index in [1.54, 1.807) is 32.8 Å². The van der Waals surface area contributed by atoms with Gasteiger partial charge in [-0.25, -0.2) is 0 Å². The molecule has 5 nitrogen and oxygen atoms in total. The van der Waals surface area contributed by atoms with Crippen LogP contribution in [0, 0.1) is 11.8 Å². The van der Waals surface area contributed by atoms with Gasteiger partial charge < -0.3 is 14.5 Å². The van der Waals surface area contributed by atoms with Gasteiger partial charge in [0.1, 0.15) is 0 Å². The molecule has 29 heavy (non-hydrogen) atoms. The maximum absolute atomic E-state index is 12.9. The first kappa shape index (κ1) is 23.2. The lowest BCUT2D eigenvalue weighted by molar-refractivity contribution is -0.141. The molecule has 1 fully saturated rings. The van der Waals surface area contributed by atoms with Crippen molar-refractivity contribution in [3.63, 3.8) is 0 Å². The lowest BCUT2D eigenvalue weighted by Gasteiger charge is -2.39. The number of ether oxygens (including phenoxy) is 1. The number of carbonyl (C=O) groups excluding carboxylic acids is 2. The summed E-state index contributed by atoms with van der Waals surface area (Å²) < 4.78 is 44.1. The monoisotopic (exact) mass is 414 g/mol. The Bertz CT molecular complexity index is 732. The standard InChI is InChI=1S/C21H29F3N2O3/c1-14(2)18(27)26-12-16(19(28)25(3)4)11-20(26,13-29-5)10-15-6-8-17(9-7-15)21(22,23)24/h6-9,14,16H,10-13H2,1-5H3/t16-,20+/m0/s1. The van der Waals surface area contributed by atoms with E-state index in [9.17, 15) is 22.8 Å². The van der Waals surface area contributed by atoms with Crippen molar-refractivity contribution in [2.75, 3.05) is 34.4 Å². The van der Waals surface area contributed by atoms with Crippen molar-refractivity contribution in [2.24, 2.45) is 11.8 Å². The second kappa shape index (κ2) is 8.73. The molecule has 1 aliphatic heterocycles. The molecule has 0 aliphatic carbocycles. The van der Waals surface area contributed by atoms with Crippen molar-refractivity contribution in [3.05, 3.63) is 35.4 Å². The number of halogens is 3. The van der Waals surface area contributed by atoms with Crippen LogP contribution in [0.3, 0.4) is 0 Å². The van der Waals surface area contributed by atoms with Crippen molar-refractivity contribution in [1.82, 2.24) is 9.80 Å². The van der Waals surface area contributed by atoms with E-state index in [0.29, 0.717) is 18.4 Å². The Balaban J connectivity index is 2.40. The largest absolute Gasteiger partial charge is 0.416 e. The van der Waals surface area contributed by atoms with Gasteiger partial charge in [-0.2, -0.15) is 13.2 Å². The van der Waals surface area contributed by atoms with Gasteiger partial charge in [0.15, 0.2) is 0 Å². The number of benzene rings is 1. The highest BCUT2D eigenvalue weighted by Crippen LogP contribution is 2.39. The second-order valence-corrected chi connectivity index (χ2v) is 8.27. The topological polar surface area (TPSA) is 49.9 Å². The minimum absolute atomic E-state index is 0.0723. The van der Waals surface area contributed by atoms with E-state index < -0.39 is 17.3 Å². The first-order valence-corrected chi connectivity index (χ1v) is 9.59. The maximum Gasteiger partial charge on any atom is 0.416 e. The smallest absolute Gasteiger partial charge is 0.382 e. The van der Waals surface area contributed by atoms with Crippen LogP contribution in [0.5, 0.6) is 0 Å². The van der Waals surface area contributed by atoms with Crippen LogP contribution in [0.2, 0.25) is 0 Å². The van der Waals surface area contributed by atoms with Crippen molar-refractivity contribution in [2.45, 2.75) is 38.4 Å². The van der Waals surface area contributed by atoms with E-state index >= 15 is 0 Å². The molecular weight excluding hydrogens is 385 g/mol. The zero-order valence-electron chi connectivity index (χ0n) is 17.5. The average molecular weight is 414 g/mol. The van der Waals surface area contributed by atoms with Gasteiger partial charge in [-0.15, -0.1) is 0 Å². The highest BCUT2D eigenvalue weighted by Gasteiger charge is 2.50. The van der Waals surface area contributed by atoms with E-state index in [1.165, 1.54) is 24.1 Å². The summed E-state index contributed by atoms with van der Waals surface area (Å²) >= 11 is 0. The molecule has 1 heterocycles. The fourth-order valence-electron chi connectivity index (χ4n) is 4.03. The van der Waals surface area contributed by atoms with Gasteiger partial charge in [-0.05, 0) is 30.5 Å². The highest BCUT2D eigenvalue weighted by atomic mass is 19.4. The summed E-state index contributed by atoms with van der Waals surface area (Å²) in [4.78, 5) is 28.8. The van der Waals surface area contributed by atoms with E-state index in [2.05, 4.69) is 0 Å². The van der Waals surface area contributed by atoms with Crippen molar-refractivity contribution < 1.29 is 27.5 Å². The number of methoxy groups -OCH3 is 1. The molecule has 2 rings (SSSR count). The maximum atomic E-state index is 12.9. The highest BCUT2D eigenvalue weighted by molar-refractivity contribution is 5.83. The van der Waals surface area contributed by atoms with Crippen LogP contribution in [0.15, 0.2) is 24.3 Å².